The van der Waals surface area contributed by atoms with Crippen molar-refractivity contribution in [1.82, 2.24) is 20.1 Å². The molecule has 1 aliphatic rings. The van der Waals surface area contributed by atoms with Crippen LogP contribution in [-0.2, 0) is 4.74 Å². The summed E-state index contributed by atoms with van der Waals surface area (Å²) in [6.45, 7) is 2.37. The average Bonchev–Trinajstić information content (AvgIpc) is 3.20. The number of nitrogens with one attached hydrogen (secondary N) is 2. The molecular formula is C19H18ClN5O2. The summed E-state index contributed by atoms with van der Waals surface area (Å²) < 4.78 is 7.26. The van der Waals surface area contributed by atoms with Gasteiger partial charge in [0.1, 0.15) is 0 Å². The van der Waals surface area contributed by atoms with E-state index < -0.39 is 0 Å². The molecule has 0 bridgehead atoms. The third-order valence-corrected chi connectivity index (χ3v) is 4.46. The lowest BCUT2D eigenvalue weighted by Gasteiger charge is -2.24. The van der Waals surface area contributed by atoms with Gasteiger partial charge in [0.05, 0.1) is 17.7 Å². The van der Waals surface area contributed by atoms with Crippen LogP contribution < -0.4 is 10.6 Å². The van der Waals surface area contributed by atoms with Crippen LogP contribution in [0.15, 0.2) is 54.9 Å². The van der Waals surface area contributed by atoms with Gasteiger partial charge in [-0.3, -0.25) is 4.79 Å². The van der Waals surface area contributed by atoms with Gasteiger partial charge in [-0.2, -0.15) is 5.10 Å². The van der Waals surface area contributed by atoms with Crippen LogP contribution >= 0.6 is 11.6 Å². The standard InChI is InChI=1S/C19H18ClN5O2/c20-14-3-6-18(22-11-14)25-9-7-16(24-25)19(26)23-15-4-1-13(2-5-15)17-12-21-8-10-27-17/h1-7,9,11,17,21H,8,10,12H2,(H,23,26)/t17-/m1/s1. The molecule has 1 aliphatic heterocycles. The fourth-order valence-corrected chi connectivity index (χ4v) is 2.94. The van der Waals surface area contributed by atoms with Crippen molar-refractivity contribution >= 4 is 23.2 Å². The number of morpholine rings is 1. The maximum absolute atomic E-state index is 12.4. The van der Waals surface area contributed by atoms with Crippen LogP contribution in [0.25, 0.3) is 5.82 Å². The van der Waals surface area contributed by atoms with Crippen molar-refractivity contribution in [2.24, 2.45) is 0 Å². The van der Waals surface area contributed by atoms with E-state index in [1.54, 1.807) is 24.4 Å². The van der Waals surface area contributed by atoms with Crippen LogP contribution in [0.2, 0.25) is 5.02 Å². The van der Waals surface area contributed by atoms with E-state index in [2.05, 4.69) is 20.7 Å². The van der Waals surface area contributed by atoms with Crippen LogP contribution in [0.1, 0.15) is 22.2 Å². The molecule has 1 fully saturated rings. The molecule has 0 aliphatic carbocycles. The number of anilines is 1. The Hall–Kier alpha value is -2.74. The Balaban J connectivity index is 1.42. The first kappa shape index (κ1) is 17.7. The number of aromatic nitrogens is 3. The Morgan fingerprint density at radius 3 is 2.78 bits per heavy atom. The van der Waals surface area contributed by atoms with Crippen LogP contribution in [-0.4, -0.2) is 40.4 Å². The Morgan fingerprint density at radius 1 is 1.22 bits per heavy atom. The van der Waals surface area contributed by atoms with E-state index >= 15 is 0 Å². The van der Waals surface area contributed by atoms with Crippen LogP contribution in [0.5, 0.6) is 0 Å². The van der Waals surface area contributed by atoms with Crippen LogP contribution in [0, 0.1) is 0 Å². The molecular weight excluding hydrogens is 366 g/mol. The van der Waals surface area contributed by atoms with E-state index in [4.69, 9.17) is 16.3 Å². The largest absolute Gasteiger partial charge is 0.371 e. The number of pyridine rings is 1. The zero-order chi connectivity index (χ0) is 18.6. The van der Waals surface area contributed by atoms with Gasteiger partial charge in [0.25, 0.3) is 5.91 Å². The van der Waals surface area contributed by atoms with E-state index in [-0.39, 0.29) is 12.0 Å². The zero-order valence-electron chi connectivity index (χ0n) is 14.4. The lowest BCUT2D eigenvalue weighted by molar-refractivity contribution is 0.0277. The third-order valence-electron chi connectivity index (χ3n) is 4.24. The van der Waals surface area contributed by atoms with Crippen LogP contribution in [0.3, 0.4) is 0 Å². The molecule has 1 aromatic carbocycles. The lowest BCUT2D eigenvalue weighted by atomic mass is 10.1. The number of rotatable bonds is 4. The van der Waals surface area contributed by atoms with Crippen molar-refractivity contribution in [3.8, 4) is 5.82 Å². The van der Waals surface area contributed by atoms with Crippen molar-refractivity contribution in [2.75, 3.05) is 25.0 Å². The molecule has 1 saturated heterocycles. The maximum Gasteiger partial charge on any atom is 0.276 e. The molecule has 2 N–H and O–H groups in total. The lowest BCUT2D eigenvalue weighted by Crippen LogP contribution is -2.33. The second-order valence-corrected chi connectivity index (χ2v) is 6.56. The third kappa shape index (κ3) is 4.16. The van der Waals surface area contributed by atoms with E-state index in [0.717, 1.165) is 18.7 Å². The summed E-state index contributed by atoms with van der Waals surface area (Å²) in [6.07, 6.45) is 3.26. The fraction of sp³-hybridized carbons (Fsp3) is 0.211. The predicted octanol–water partition coefficient (Wildman–Crippen LogP) is 2.83. The predicted molar refractivity (Wildman–Crippen MR) is 102 cm³/mol. The zero-order valence-corrected chi connectivity index (χ0v) is 15.2. The summed E-state index contributed by atoms with van der Waals surface area (Å²) in [7, 11) is 0. The number of carbonyl (C=O) groups is 1. The summed E-state index contributed by atoms with van der Waals surface area (Å²) in [4.78, 5) is 16.6. The number of ether oxygens (including phenoxy) is 1. The molecule has 0 spiro atoms. The van der Waals surface area contributed by atoms with E-state index in [1.807, 2.05) is 24.3 Å². The summed E-state index contributed by atoms with van der Waals surface area (Å²) in [5.41, 5.74) is 2.08. The first-order valence-electron chi connectivity index (χ1n) is 8.60. The number of halogens is 1. The minimum atomic E-state index is -0.286. The number of nitrogens with zero attached hydrogens (tertiary/aromatic N) is 3. The van der Waals surface area contributed by atoms with Gasteiger partial charge >= 0.3 is 0 Å². The van der Waals surface area contributed by atoms with Crippen molar-refractivity contribution in [3.63, 3.8) is 0 Å². The van der Waals surface area contributed by atoms with Gasteiger partial charge in [0, 0.05) is 31.2 Å². The highest BCUT2D eigenvalue weighted by atomic mass is 35.5. The number of benzene rings is 1. The van der Waals surface area contributed by atoms with Crippen molar-refractivity contribution in [2.45, 2.75) is 6.10 Å². The van der Waals surface area contributed by atoms with Gasteiger partial charge in [-0.05, 0) is 35.9 Å². The summed E-state index contributed by atoms with van der Waals surface area (Å²) in [6, 6.07) is 12.7. The van der Waals surface area contributed by atoms with Gasteiger partial charge < -0.3 is 15.4 Å². The monoisotopic (exact) mass is 383 g/mol. The highest BCUT2D eigenvalue weighted by Gasteiger charge is 2.16. The summed E-state index contributed by atoms with van der Waals surface area (Å²) in [5, 5.41) is 11.0. The molecule has 2 aromatic heterocycles. The Bertz CT molecular complexity index is 918. The maximum atomic E-state index is 12.4. The molecule has 3 aromatic rings. The molecule has 138 valence electrons. The SMILES string of the molecule is O=C(Nc1ccc([C@H]2CNCCO2)cc1)c1ccn(-c2ccc(Cl)cn2)n1. The van der Waals surface area contributed by atoms with Gasteiger partial charge in [-0.15, -0.1) is 0 Å². The molecule has 7 nitrogen and oxygen atoms in total. The quantitative estimate of drug-likeness (QED) is 0.724. The van der Waals surface area contributed by atoms with Gasteiger partial charge in [-0.1, -0.05) is 23.7 Å². The Kier molecular flexibility index (Phi) is 5.15. The molecule has 0 saturated carbocycles. The molecule has 0 unspecified atom stereocenters. The molecule has 3 heterocycles. The number of hydrogen-bond donors (Lipinski definition) is 2. The minimum absolute atomic E-state index is 0.0473. The normalized spacial score (nSPS) is 16.9. The second-order valence-electron chi connectivity index (χ2n) is 6.12. The van der Waals surface area contributed by atoms with Gasteiger partial charge in [-0.25, -0.2) is 9.67 Å². The first-order valence-corrected chi connectivity index (χ1v) is 8.98. The molecule has 27 heavy (non-hydrogen) atoms. The highest BCUT2D eigenvalue weighted by Crippen LogP contribution is 2.21. The van der Waals surface area contributed by atoms with E-state index in [0.29, 0.717) is 28.8 Å². The first-order chi connectivity index (χ1) is 13.2. The number of carbonyl (C=O) groups excluding carboxylic acids is 1. The molecule has 8 heteroatoms. The van der Waals surface area contributed by atoms with Crippen molar-refractivity contribution in [3.05, 3.63) is 71.1 Å². The molecule has 1 atom stereocenters. The smallest absolute Gasteiger partial charge is 0.276 e. The Morgan fingerprint density at radius 2 is 2.07 bits per heavy atom. The highest BCUT2D eigenvalue weighted by molar-refractivity contribution is 6.30. The number of amides is 1. The average molecular weight is 384 g/mol. The summed E-state index contributed by atoms with van der Waals surface area (Å²) >= 11 is 5.84. The van der Waals surface area contributed by atoms with E-state index in [9.17, 15) is 4.79 Å². The van der Waals surface area contributed by atoms with Gasteiger partial charge in [0.15, 0.2) is 11.5 Å². The molecule has 4 rings (SSSR count). The van der Waals surface area contributed by atoms with Crippen LogP contribution in [0.4, 0.5) is 5.69 Å². The van der Waals surface area contributed by atoms with Gasteiger partial charge in [0.2, 0.25) is 0 Å². The Labute approximate surface area is 161 Å². The topological polar surface area (TPSA) is 81.1 Å². The van der Waals surface area contributed by atoms with E-state index in [1.165, 1.54) is 10.9 Å². The molecule has 1 amide bonds. The minimum Gasteiger partial charge on any atom is -0.371 e. The second kappa shape index (κ2) is 7.87. The molecule has 0 radical (unpaired) electrons. The summed E-state index contributed by atoms with van der Waals surface area (Å²) in [5.74, 6) is 0.301. The van der Waals surface area contributed by atoms with Crippen molar-refractivity contribution in [1.29, 1.82) is 0 Å². The fourth-order valence-electron chi connectivity index (χ4n) is 2.83. The number of hydrogen-bond acceptors (Lipinski definition) is 5. The van der Waals surface area contributed by atoms with Crippen molar-refractivity contribution < 1.29 is 9.53 Å².